The van der Waals surface area contributed by atoms with Gasteiger partial charge in [0.15, 0.2) is 5.75 Å². The van der Waals surface area contributed by atoms with Gasteiger partial charge in [-0.15, -0.1) is 0 Å². The maximum Gasteiger partial charge on any atom is 0.283 e. The Balaban J connectivity index is 1.42. The van der Waals surface area contributed by atoms with E-state index in [1.165, 1.54) is 31.8 Å². The monoisotopic (exact) mass is 513 g/mol. The third-order valence-corrected chi connectivity index (χ3v) is 6.32. The molecule has 1 spiro atoms. The van der Waals surface area contributed by atoms with Crippen molar-refractivity contribution in [1.82, 2.24) is 19.9 Å². The molecule has 1 amide bonds. The Hall–Kier alpha value is -5.13. The predicted octanol–water partition coefficient (Wildman–Crippen LogP) is 3.42. The van der Waals surface area contributed by atoms with Gasteiger partial charge in [0, 0.05) is 41.1 Å². The Kier molecular flexibility index (Phi) is 5.56. The van der Waals surface area contributed by atoms with Gasteiger partial charge in [0.25, 0.3) is 11.9 Å². The van der Waals surface area contributed by atoms with Gasteiger partial charge in [0.2, 0.25) is 11.8 Å². The van der Waals surface area contributed by atoms with Gasteiger partial charge in [-0.1, -0.05) is 0 Å². The van der Waals surface area contributed by atoms with Crippen molar-refractivity contribution in [2.45, 2.75) is 12.0 Å². The largest absolute Gasteiger partial charge is 0.480 e. The number of pyridine rings is 2. The van der Waals surface area contributed by atoms with Crippen LogP contribution in [0.25, 0.3) is 11.3 Å². The third kappa shape index (κ3) is 4.01. The first-order valence-corrected chi connectivity index (χ1v) is 11.6. The first-order chi connectivity index (χ1) is 18.4. The number of anilines is 1. The topological polar surface area (TPSA) is 147 Å². The van der Waals surface area contributed by atoms with Gasteiger partial charge in [-0.25, -0.2) is 19.9 Å². The molecule has 6 rings (SSSR count). The Labute approximate surface area is 215 Å². The molecular formula is C26H20FN7O4. The fourth-order valence-corrected chi connectivity index (χ4v) is 4.55. The highest BCUT2D eigenvalue weighted by molar-refractivity contribution is 6.02. The van der Waals surface area contributed by atoms with Gasteiger partial charge >= 0.3 is 0 Å². The minimum atomic E-state index is -0.991. The first-order valence-electron chi connectivity index (χ1n) is 11.6. The molecule has 12 heteroatoms. The second kappa shape index (κ2) is 9.07. The SMILES string of the molecule is COc1cnc(C(=O)Nc2ccc3c(c2)C2(CCOC(N)=N2)c2cc(-c4ccnc(F)c4)ncc2O3)cn1. The summed E-state index contributed by atoms with van der Waals surface area (Å²) in [5.41, 5.74) is 8.10. The Morgan fingerprint density at radius 2 is 1.92 bits per heavy atom. The van der Waals surface area contributed by atoms with Crippen molar-refractivity contribution in [3.63, 3.8) is 0 Å². The second-order valence-corrected chi connectivity index (χ2v) is 8.55. The van der Waals surface area contributed by atoms with Crippen molar-refractivity contribution in [2.75, 3.05) is 19.0 Å². The first kappa shape index (κ1) is 23.3. The molecular weight excluding hydrogens is 493 g/mol. The van der Waals surface area contributed by atoms with E-state index in [0.717, 1.165) is 0 Å². The van der Waals surface area contributed by atoms with Crippen LogP contribution in [0.5, 0.6) is 17.4 Å². The van der Waals surface area contributed by atoms with E-state index in [4.69, 9.17) is 24.9 Å². The number of halogens is 1. The van der Waals surface area contributed by atoms with Crippen molar-refractivity contribution >= 4 is 17.6 Å². The summed E-state index contributed by atoms with van der Waals surface area (Å²) >= 11 is 0. The van der Waals surface area contributed by atoms with E-state index in [0.29, 0.717) is 58.5 Å². The third-order valence-electron chi connectivity index (χ3n) is 6.32. The summed E-state index contributed by atoms with van der Waals surface area (Å²) in [7, 11) is 1.47. The molecule has 0 fully saturated rings. The number of methoxy groups -OCH3 is 1. The molecule has 0 saturated carbocycles. The molecule has 5 heterocycles. The average Bonchev–Trinajstić information content (AvgIpc) is 2.93. The number of nitrogens with one attached hydrogen (secondary N) is 1. The van der Waals surface area contributed by atoms with Crippen LogP contribution in [0, 0.1) is 5.95 Å². The highest BCUT2D eigenvalue weighted by atomic mass is 19.1. The van der Waals surface area contributed by atoms with E-state index in [9.17, 15) is 9.18 Å². The number of amidine groups is 1. The molecule has 0 aliphatic carbocycles. The lowest BCUT2D eigenvalue weighted by atomic mass is 9.77. The molecule has 1 unspecified atom stereocenters. The number of nitrogens with zero attached hydrogens (tertiary/aromatic N) is 5. The lowest BCUT2D eigenvalue weighted by molar-refractivity contribution is 0.102. The van der Waals surface area contributed by atoms with Crippen molar-refractivity contribution in [1.29, 1.82) is 0 Å². The summed E-state index contributed by atoms with van der Waals surface area (Å²) in [6.45, 7) is 0.299. The van der Waals surface area contributed by atoms with Gasteiger partial charge in [-0.2, -0.15) is 4.39 Å². The molecule has 0 radical (unpaired) electrons. The molecule has 190 valence electrons. The van der Waals surface area contributed by atoms with Crippen LogP contribution in [0.15, 0.2) is 66.2 Å². The molecule has 4 aromatic rings. The van der Waals surface area contributed by atoms with Gasteiger partial charge in [-0.05, 0) is 30.3 Å². The van der Waals surface area contributed by atoms with Crippen LogP contribution >= 0.6 is 0 Å². The smallest absolute Gasteiger partial charge is 0.283 e. The zero-order valence-electron chi connectivity index (χ0n) is 20.0. The molecule has 2 aliphatic rings. The lowest BCUT2D eigenvalue weighted by Crippen LogP contribution is -2.38. The van der Waals surface area contributed by atoms with Crippen LogP contribution in [-0.2, 0) is 10.3 Å². The summed E-state index contributed by atoms with van der Waals surface area (Å²) in [6.07, 6.45) is 6.08. The molecule has 3 aromatic heterocycles. The van der Waals surface area contributed by atoms with Gasteiger partial charge in [0.1, 0.15) is 17.0 Å². The molecule has 0 bridgehead atoms. The maximum absolute atomic E-state index is 13.8. The lowest BCUT2D eigenvalue weighted by Gasteiger charge is -2.39. The van der Waals surface area contributed by atoms with Crippen LogP contribution < -0.4 is 20.5 Å². The van der Waals surface area contributed by atoms with Crippen LogP contribution in [0.3, 0.4) is 0 Å². The number of hydrogen-bond acceptors (Lipinski definition) is 10. The molecule has 0 saturated heterocycles. The van der Waals surface area contributed by atoms with Crippen molar-refractivity contribution in [3.05, 3.63) is 84.0 Å². The van der Waals surface area contributed by atoms with Crippen molar-refractivity contribution in [3.8, 4) is 28.6 Å². The number of benzene rings is 1. The highest BCUT2D eigenvalue weighted by Crippen LogP contribution is 2.52. The minimum Gasteiger partial charge on any atom is -0.480 e. The Bertz CT molecular complexity index is 1600. The molecule has 38 heavy (non-hydrogen) atoms. The number of hydrogen-bond donors (Lipinski definition) is 2. The van der Waals surface area contributed by atoms with E-state index < -0.39 is 17.4 Å². The summed E-state index contributed by atoms with van der Waals surface area (Å²) in [6, 6.07) is 10.0. The zero-order chi connectivity index (χ0) is 26.3. The molecule has 1 atom stereocenters. The Morgan fingerprint density at radius 1 is 1.05 bits per heavy atom. The number of nitrogens with two attached hydrogens (primary N) is 1. The highest BCUT2D eigenvalue weighted by Gasteiger charge is 2.45. The number of carbonyl (C=O) groups is 1. The molecule has 2 aliphatic heterocycles. The average molecular weight is 513 g/mol. The standard InChI is InChI=1S/C26H20FN7O4/c1-36-23-13-31-19(11-32-23)24(35)33-15-2-3-20-16(9-15)26(5-7-37-25(28)34-26)17-10-18(30-12-21(17)38-20)14-4-6-29-22(27)8-14/h2-4,6,8-13H,5,7H2,1H3,(H2,28,34)(H,33,35). The Morgan fingerprint density at radius 3 is 2.68 bits per heavy atom. The summed E-state index contributed by atoms with van der Waals surface area (Å²) in [5, 5.41) is 2.84. The van der Waals surface area contributed by atoms with Gasteiger partial charge in [-0.3, -0.25) is 9.78 Å². The van der Waals surface area contributed by atoms with Gasteiger partial charge < -0.3 is 25.3 Å². The van der Waals surface area contributed by atoms with E-state index in [2.05, 4.69) is 25.3 Å². The van der Waals surface area contributed by atoms with E-state index in [-0.39, 0.29) is 11.7 Å². The number of fused-ring (bicyclic) bond motifs is 4. The summed E-state index contributed by atoms with van der Waals surface area (Å²) in [4.78, 5) is 33.8. The molecule has 3 N–H and O–H groups in total. The van der Waals surface area contributed by atoms with Crippen LogP contribution in [0.4, 0.5) is 10.1 Å². The quantitative estimate of drug-likeness (QED) is 0.392. The van der Waals surface area contributed by atoms with Crippen LogP contribution in [0.1, 0.15) is 28.0 Å². The number of ether oxygens (including phenoxy) is 3. The number of aromatic nitrogens is 4. The number of amides is 1. The molecule has 11 nitrogen and oxygen atoms in total. The molecule has 1 aromatic carbocycles. The van der Waals surface area contributed by atoms with Crippen LogP contribution in [0.2, 0.25) is 0 Å². The summed E-state index contributed by atoms with van der Waals surface area (Å²) < 4.78 is 30.5. The number of rotatable bonds is 4. The van der Waals surface area contributed by atoms with Crippen molar-refractivity contribution in [2.24, 2.45) is 10.7 Å². The predicted molar refractivity (Wildman–Crippen MR) is 133 cm³/mol. The van der Waals surface area contributed by atoms with E-state index in [1.54, 1.807) is 36.5 Å². The number of carbonyl (C=O) groups excluding carboxylic acids is 1. The zero-order valence-corrected chi connectivity index (χ0v) is 20.0. The fraction of sp³-hybridized carbons (Fsp3) is 0.154. The van der Waals surface area contributed by atoms with E-state index in [1.807, 2.05) is 0 Å². The number of aliphatic imine (C=N–C) groups is 1. The maximum atomic E-state index is 13.8. The van der Waals surface area contributed by atoms with Crippen LogP contribution in [-0.4, -0.2) is 45.6 Å². The second-order valence-electron chi connectivity index (χ2n) is 8.55. The fourth-order valence-electron chi connectivity index (χ4n) is 4.55. The summed E-state index contributed by atoms with van der Waals surface area (Å²) in [5.74, 6) is 0.245. The normalized spacial score (nSPS) is 17.4. The van der Waals surface area contributed by atoms with E-state index >= 15 is 0 Å². The van der Waals surface area contributed by atoms with Gasteiger partial charge in [0.05, 0.1) is 38.0 Å². The minimum absolute atomic E-state index is 0.0197. The van der Waals surface area contributed by atoms with Crippen molar-refractivity contribution < 1.29 is 23.4 Å².